The standard InChI is InChI=1S/C16H14N4OS2/c1-2-20-15(13-9-6-10-22-13)18-19-16(20)23-11-14(21)17-12-7-4-3-5-8-12/h2-10H,1,11H2,(H,17,21). The molecule has 0 spiro atoms. The largest absolute Gasteiger partial charge is 0.325 e. The zero-order valence-corrected chi connectivity index (χ0v) is 13.8. The van der Waals surface area contributed by atoms with E-state index in [1.807, 2.05) is 47.8 Å². The van der Waals surface area contributed by atoms with Gasteiger partial charge in [0.15, 0.2) is 11.0 Å². The number of para-hydroxylation sites is 1. The molecule has 2 aromatic heterocycles. The number of benzene rings is 1. The third-order valence-corrected chi connectivity index (χ3v) is 4.79. The van der Waals surface area contributed by atoms with Gasteiger partial charge in [-0.05, 0) is 23.6 Å². The number of nitrogens with one attached hydrogen (secondary N) is 1. The van der Waals surface area contributed by atoms with E-state index in [9.17, 15) is 4.79 Å². The Labute approximate surface area is 142 Å². The van der Waals surface area contributed by atoms with Gasteiger partial charge in [0, 0.05) is 11.9 Å². The van der Waals surface area contributed by atoms with Crippen molar-refractivity contribution in [2.75, 3.05) is 11.1 Å². The predicted molar refractivity (Wildman–Crippen MR) is 95.5 cm³/mol. The summed E-state index contributed by atoms with van der Waals surface area (Å²) in [7, 11) is 0. The maximum atomic E-state index is 12.0. The number of thioether (sulfide) groups is 1. The summed E-state index contributed by atoms with van der Waals surface area (Å²) in [5.74, 6) is 0.907. The molecule has 0 atom stereocenters. The first-order valence-electron chi connectivity index (χ1n) is 6.87. The molecule has 0 radical (unpaired) electrons. The van der Waals surface area contributed by atoms with Crippen LogP contribution in [0.4, 0.5) is 5.69 Å². The summed E-state index contributed by atoms with van der Waals surface area (Å²) in [6.45, 7) is 3.80. The number of carbonyl (C=O) groups excluding carboxylic acids is 1. The van der Waals surface area contributed by atoms with Crippen LogP contribution in [-0.4, -0.2) is 26.4 Å². The van der Waals surface area contributed by atoms with Crippen molar-refractivity contribution >= 4 is 40.9 Å². The van der Waals surface area contributed by atoms with Crippen molar-refractivity contribution in [1.82, 2.24) is 14.8 Å². The highest BCUT2D eigenvalue weighted by Crippen LogP contribution is 2.27. The van der Waals surface area contributed by atoms with E-state index in [4.69, 9.17) is 0 Å². The fourth-order valence-corrected chi connectivity index (χ4v) is 3.40. The maximum Gasteiger partial charge on any atom is 0.234 e. The Morgan fingerprint density at radius 3 is 2.78 bits per heavy atom. The number of nitrogens with zero attached hydrogens (tertiary/aromatic N) is 3. The molecule has 0 saturated carbocycles. The van der Waals surface area contributed by atoms with E-state index in [1.165, 1.54) is 11.8 Å². The van der Waals surface area contributed by atoms with Gasteiger partial charge in [-0.2, -0.15) is 0 Å². The number of hydrogen-bond acceptors (Lipinski definition) is 5. The topological polar surface area (TPSA) is 59.8 Å². The molecule has 1 aromatic carbocycles. The van der Waals surface area contributed by atoms with Crippen molar-refractivity contribution in [2.24, 2.45) is 0 Å². The van der Waals surface area contributed by atoms with Gasteiger partial charge in [0.05, 0.1) is 10.6 Å². The molecular formula is C16H14N4OS2. The lowest BCUT2D eigenvalue weighted by Crippen LogP contribution is -2.14. The molecule has 0 aliphatic rings. The van der Waals surface area contributed by atoms with E-state index < -0.39 is 0 Å². The molecular weight excluding hydrogens is 328 g/mol. The zero-order valence-electron chi connectivity index (χ0n) is 12.2. The van der Waals surface area contributed by atoms with Crippen LogP contribution in [0.15, 0.2) is 59.6 Å². The number of carbonyl (C=O) groups is 1. The van der Waals surface area contributed by atoms with Gasteiger partial charge in [0.25, 0.3) is 0 Å². The molecule has 0 aliphatic heterocycles. The molecule has 2 heterocycles. The Kier molecular flexibility index (Phi) is 4.89. The molecule has 0 fully saturated rings. The van der Waals surface area contributed by atoms with Crippen LogP contribution < -0.4 is 5.32 Å². The minimum Gasteiger partial charge on any atom is -0.325 e. The average molecular weight is 342 g/mol. The summed E-state index contributed by atoms with van der Waals surface area (Å²) < 4.78 is 1.80. The highest BCUT2D eigenvalue weighted by Gasteiger charge is 2.14. The minimum absolute atomic E-state index is 0.0857. The number of aromatic nitrogens is 3. The molecule has 0 saturated heterocycles. The van der Waals surface area contributed by atoms with Crippen LogP contribution in [-0.2, 0) is 4.79 Å². The van der Waals surface area contributed by atoms with Crippen molar-refractivity contribution in [1.29, 1.82) is 0 Å². The fraction of sp³-hybridized carbons (Fsp3) is 0.0625. The zero-order chi connectivity index (χ0) is 16.1. The van der Waals surface area contributed by atoms with Crippen molar-refractivity contribution in [3.63, 3.8) is 0 Å². The molecule has 0 unspecified atom stereocenters. The van der Waals surface area contributed by atoms with Crippen LogP contribution in [0.25, 0.3) is 16.9 Å². The molecule has 1 amide bonds. The predicted octanol–water partition coefficient (Wildman–Crippen LogP) is 3.84. The highest BCUT2D eigenvalue weighted by atomic mass is 32.2. The Morgan fingerprint density at radius 1 is 1.26 bits per heavy atom. The summed E-state index contributed by atoms with van der Waals surface area (Å²) in [5.41, 5.74) is 0.780. The second-order valence-corrected chi connectivity index (χ2v) is 6.43. The summed E-state index contributed by atoms with van der Waals surface area (Å²) in [5, 5.41) is 13.8. The van der Waals surface area contributed by atoms with Gasteiger partial charge in [-0.15, -0.1) is 21.5 Å². The number of thiophene rings is 1. The Hall–Kier alpha value is -2.38. The van der Waals surface area contributed by atoms with Crippen LogP contribution in [0.2, 0.25) is 0 Å². The Bertz CT molecular complexity index is 797. The number of amides is 1. The smallest absolute Gasteiger partial charge is 0.234 e. The molecule has 5 nitrogen and oxygen atoms in total. The summed E-state index contributed by atoms with van der Waals surface area (Å²) >= 11 is 2.91. The van der Waals surface area contributed by atoms with Crippen LogP contribution in [0.3, 0.4) is 0 Å². The minimum atomic E-state index is -0.0857. The van der Waals surface area contributed by atoms with Gasteiger partial charge in [-0.3, -0.25) is 9.36 Å². The maximum absolute atomic E-state index is 12.0. The van der Waals surface area contributed by atoms with Crippen molar-refractivity contribution in [3.8, 4) is 10.7 Å². The molecule has 3 rings (SSSR count). The molecule has 23 heavy (non-hydrogen) atoms. The number of hydrogen-bond donors (Lipinski definition) is 1. The average Bonchev–Trinajstić information content (AvgIpc) is 3.22. The van der Waals surface area contributed by atoms with Gasteiger partial charge in [-0.25, -0.2) is 0 Å². The third-order valence-electron chi connectivity index (χ3n) is 2.98. The van der Waals surface area contributed by atoms with Crippen LogP contribution >= 0.6 is 23.1 Å². The lowest BCUT2D eigenvalue weighted by atomic mass is 10.3. The van der Waals surface area contributed by atoms with Gasteiger partial charge in [0.1, 0.15) is 0 Å². The third kappa shape index (κ3) is 3.69. The van der Waals surface area contributed by atoms with E-state index >= 15 is 0 Å². The van der Waals surface area contributed by atoms with Crippen molar-refractivity contribution in [2.45, 2.75) is 5.16 Å². The first kappa shape index (κ1) is 15.5. The lowest BCUT2D eigenvalue weighted by Gasteiger charge is -2.05. The molecule has 3 aromatic rings. The first-order chi connectivity index (χ1) is 11.3. The van der Waals surface area contributed by atoms with E-state index in [-0.39, 0.29) is 11.7 Å². The molecule has 0 bridgehead atoms. The van der Waals surface area contributed by atoms with Crippen molar-refractivity contribution in [3.05, 3.63) is 54.4 Å². The highest BCUT2D eigenvalue weighted by molar-refractivity contribution is 7.99. The lowest BCUT2D eigenvalue weighted by molar-refractivity contribution is -0.113. The SMILES string of the molecule is C=Cn1c(SCC(=O)Nc2ccccc2)nnc1-c1cccs1. The molecule has 1 N–H and O–H groups in total. The Balaban J connectivity index is 1.67. The molecule has 7 heteroatoms. The second kappa shape index (κ2) is 7.26. The summed E-state index contributed by atoms with van der Waals surface area (Å²) in [6.07, 6.45) is 1.66. The van der Waals surface area contributed by atoms with Crippen molar-refractivity contribution < 1.29 is 4.79 Å². The van der Waals surface area contributed by atoms with Crippen LogP contribution in [0.1, 0.15) is 0 Å². The second-order valence-electron chi connectivity index (χ2n) is 4.54. The quantitative estimate of drug-likeness (QED) is 0.692. The van der Waals surface area contributed by atoms with Gasteiger partial charge in [-0.1, -0.05) is 42.6 Å². The number of anilines is 1. The summed E-state index contributed by atoms with van der Waals surface area (Å²) in [4.78, 5) is 13.0. The summed E-state index contributed by atoms with van der Waals surface area (Å²) in [6, 6.07) is 13.3. The Morgan fingerprint density at radius 2 is 2.09 bits per heavy atom. The van der Waals surface area contributed by atoms with E-state index in [1.54, 1.807) is 22.1 Å². The van der Waals surface area contributed by atoms with Gasteiger partial charge in [0.2, 0.25) is 5.91 Å². The van der Waals surface area contributed by atoms with Gasteiger partial charge >= 0.3 is 0 Å². The fourth-order valence-electron chi connectivity index (χ4n) is 1.96. The van der Waals surface area contributed by atoms with Crippen LogP contribution in [0, 0.1) is 0 Å². The van der Waals surface area contributed by atoms with Gasteiger partial charge < -0.3 is 5.32 Å². The first-order valence-corrected chi connectivity index (χ1v) is 8.73. The number of rotatable bonds is 6. The monoisotopic (exact) mass is 342 g/mol. The van der Waals surface area contributed by atoms with E-state index in [2.05, 4.69) is 22.1 Å². The molecule has 116 valence electrons. The molecule has 0 aliphatic carbocycles. The van der Waals surface area contributed by atoms with Crippen LogP contribution in [0.5, 0.6) is 0 Å². The normalized spacial score (nSPS) is 10.4. The van der Waals surface area contributed by atoms with E-state index in [0.29, 0.717) is 5.16 Å². The van der Waals surface area contributed by atoms with E-state index in [0.717, 1.165) is 16.4 Å².